The molecule has 1 amide bonds. The van der Waals surface area contributed by atoms with Gasteiger partial charge in [0.05, 0.1) is 17.1 Å². The third-order valence-corrected chi connectivity index (χ3v) is 7.28. The predicted molar refractivity (Wildman–Crippen MR) is 122 cm³/mol. The van der Waals surface area contributed by atoms with Crippen LogP contribution in [-0.2, 0) is 4.79 Å². The molecular weight excluding hydrogens is 427 g/mol. The molecule has 5 rings (SSSR count). The number of rotatable bonds is 6. The van der Waals surface area contributed by atoms with E-state index in [0.29, 0.717) is 11.6 Å². The van der Waals surface area contributed by atoms with E-state index < -0.39 is 17.2 Å². The van der Waals surface area contributed by atoms with Gasteiger partial charge in [0.2, 0.25) is 11.3 Å². The van der Waals surface area contributed by atoms with Gasteiger partial charge in [-0.15, -0.1) is 0 Å². The summed E-state index contributed by atoms with van der Waals surface area (Å²) in [7, 11) is 1.57. The minimum Gasteiger partial charge on any atom is -0.477 e. The molecule has 0 spiro atoms. The number of likely N-dealkylation sites (tertiary alicyclic amines) is 1. The van der Waals surface area contributed by atoms with Crippen molar-refractivity contribution in [3.05, 3.63) is 39.9 Å². The number of nitrogens with one attached hydrogen (secondary N) is 1. The van der Waals surface area contributed by atoms with Crippen molar-refractivity contribution in [1.82, 2.24) is 14.9 Å². The van der Waals surface area contributed by atoms with Gasteiger partial charge in [0.25, 0.3) is 0 Å². The summed E-state index contributed by atoms with van der Waals surface area (Å²) in [6.07, 6.45) is 9.28. The van der Waals surface area contributed by atoms with E-state index in [0.717, 1.165) is 32.0 Å². The van der Waals surface area contributed by atoms with Gasteiger partial charge in [0, 0.05) is 43.8 Å². The van der Waals surface area contributed by atoms with Gasteiger partial charge >= 0.3 is 5.97 Å². The predicted octanol–water partition coefficient (Wildman–Crippen LogP) is 2.91. The third-order valence-electron chi connectivity index (χ3n) is 7.28. The number of nitrogens with zero attached hydrogens (tertiary/aromatic N) is 3. The van der Waals surface area contributed by atoms with E-state index in [1.54, 1.807) is 11.6 Å². The maximum absolute atomic E-state index is 15.0. The highest BCUT2D eigenvalue weighted by atomic mass is 19.1. The molecule has 3 aliphatic rings. The van der Waals surface area contributed by atoms with Crippen molar-refractivity contribution < 1.29 is 19.1 Å². The average Bonchev–Trinajstić information content (AvgIpc) is 3.58. The normalized spacial score (nSPS) is 19.9. The first kappa shape index (κ1) is 21.9. The van der Waals surface area contributed by atoms with E-state index >= 15 is 0 Å². The monoisotopic (exact) mass is 456 g/mol. The van der Waals surface area contributed by atoms with Gasteiger partial charge in [-0.1, -0.05) is 19.3 Å². The third kappa shape index (κ3) is 4.10. The van der Waals surface area contributed by atoms with Crippen LogP contribution in [0.4, 0.5) is 10.1 Å². The maximum Gasteiger partial charge on any atom is 0.341 e. The fraction of sp³-hybridized carbons (Fsp3) is 0.542. The number of amides is 1. The highest BCUT2D eigenvalue weighted by molar-refractivity contribution is 5.94. The summed E-state index contributed by atoms with van der Waals surface area (Å²) in [5.41, 5.74) is 2.32. The summed E-state index contributed by atoms with van der Waals surface area (Å²) in [5.74, 6) is -2.29. The fourth-order valence-corrected chi connectivity index (χ4v) is 5.16. The van der Waals surface area contributed by atoms with Crippen molar-refractivity contribution in [1.29, 1.82) is 0 Å². The second kappa shape index (κ2) is 8.44. The zero-order chi connectivity index (χ0) is 23.3. The summed E-state index contributed by atoms with van der Waals surface area (Å²) in [6.45, 7) is 1.45. The number of hydrazine groups is 1. The molecule has 2 aliphatic carbocycles. The Labute approximate surface area is 190 Å². The van der Waals surface area contributed by atoms with Crippen LogP contribution in [-0.4, -0.2) is 52.6 Å². The van der Waals surface area contributed by atoms with Crippen LogP contribution in [0.2, 0.25) is 0 Å². The molecule has 2 aromatic rings. The SMILES string of the molecule is CN(NC(=O)C1CN(C2CCCCC2)C1)c1cc2c(cc1F)c(=O)c(C(=O)O)cn2C1CC1. The molecule has 0 bridgehead atoms. The molecule has 2 heterocycles. The molecule has 176 valence electrons. The van der Waals surface area contributed by atoms with Gasteiger partial charge in [-0.2, -0.15) is 0 Å². The second-order valence-electron chi connectivity index (χ2n) is 9.61. The molecule has 1 aromatic carbocycles. The molecule has 0 radical (unpaired) electrons. The molecule has 1 aromatic heterocycles. The smallest absolute Gasteiger partial charge is 0.341 e. The zero-order valence-electron chi connectivity index (χ0n) is 18.7. The molecule has 8 nitrogen and oxygen atoms in total. The number of carbonyl (C=O) groups is 2. The summed E-state index contributed by atoms with van der Waals surface area (Å²) in [6, 6.07) is 3.26. The highest BCUT2D eigenvalue weighted by Gasteiger charge is 2.37. The minimum atomic E-state index is -1.33. The number of anilines is 1. The molecule has 2 N–H and O–H groups in total. The number of fused-ring (bicyclic) bond motifs is 1. The number of halogens is 1. The van der Waals surface area contributed by atoms with Crippen LogP contribution in [0.3, 0.4) is 0 Å². The number of aromatic carboxylic acids is 1. The molecule has 3 fully saturated rings. The lowest BCUT2D eigenvalue weighted by atomic mass is 9.89. The topological polar surface area (TPSA) is 94.9 Å². The summed E-state index contributed by atoms with van der Waals surface area (Å²) >= 11 is 0. The maximum atomic E-state index is 15.0. The molecular formula is C24H29FN4O4. The summed E-state index contributed by atoms with van der Waals surface area (Å²) < 4.78 is 16.7. The Bertz CT molecular complexity index is 1160. The average molecular weight is 457 g/mol. The van der Waals surface area contributed by atoms with Crippen molar-refractivity contribution in [2.24, 2.45) is 5.92 Å². The number of carboxylic acids is 1. The number of carboxylic acid groups (broad SMARTS) is 1. The second-order valence-corrected chi connectivity index (χ2v) is 9.61. The zero-order valence-corrected chi connectivity index (χ0v) is 18.7. The van der Waals surface area contributed by atoms with E-state index in [1.807, 2.05) is 0 Å². The van der Waals surface area contributed by atoms with Crippen LogP contribution in [0, 0.1) is 11.7 Å². The fourth-order valence-electron chi connectivity index (χ4n) is 5.16. The molecule has 0 unspecified atom stereocenters. The summed E-state index contributed by atoms with van der Waals surface area (Å²) in [5, 5.41) is 10.8. The molecule has 9 heteroatoms. The number of hydrogen-bond donors (Lipinski definition) is 2. The standard InChI is InChI=1S/C24H29FN4O4/c1-27(26-23(31)14-11-28(12-14)15-5-3-2-4-6-15)21-10-20-17(9-19(21)25)22(30)18(24(32)33)13-29(20)16-7-8-16/h9-10,13-16H,2-8,11-12H2,1H3,(H,26,31)(H,32,33). The minimum absolute atomic E-state index is 0.0323. The van der Waals surface area contributed by atoms with Crippen LogP contribution in [0.15, 0.2) is 23.1 Å². The van der Waals surface area contributed by atoms with E-state index in [9.17, 15) is 23.9 Å². The number of pyridine rings is 1. The van der Waals surface area contributed by atoms with E-state index in [-0.39, 0.29) is 34.5 Å². The van der Waals surface area contributed by atoms with Gasteiger partial charge in [-0.25, -0.2) is 9.18 Å². The van der Waals surface area contributed by atoms with Crippen molar-refractivity contribution in [3.8, 4) is 0 Å². The highest BCUT2D eigenvalue weighted by Crippen LogP contribution is 2.38. The lowest BCUT2D eigenvalue weighted by Crippen LogP contribution is -2.59. The summed E-state index contributed by atoms with van der Waals surface area (Å²) in [4.78, 5) is 39.2. The number of aromatic nitrogens is 1. The molecule has 1 aliphatic heterocycles. The Hall–Kier alpha value is -2.94. The van der Waals surface area contributed by atoms with Crippen LogP contribution >= 0.6 is 0 Å². The van der Waals surface area contributed by atoms with Crippen LogP contribution in [0.25, 0.3) is 10.9 Å². The molecule has 1 saturated heterocycles. The molecule has 2 saturated carbocycles. The lowest BCUT2D eigenvalue weighted by molar-refractivity contribution is -0.131. The first-order valence-electron chi connectivity index (χ1n) is 11.7. The van der Waals surface area contributed by atoms with Crippen molar-refractivity contribution in [3.63, 3.8) is 0 Å². The van der Waals surface area contributed by atoms with Crippen molar-refractivity contribution in [2.45, 2.75) is 57.0 Å². The van der Waals surface area contributed by atoms with Gasteiger partial charge in [-0.05, 0) is 37.8 Å². The van der Waals surface area contributed by atoms with Crippen molar-refractivity contribution in [2.75, 3.05) is 25.1 Å². The number of hydrogen-bond acceptors (Lipinski definition) is 5. The Morgan fingerprint density at radius 1 is 1.09 bits per heavy atom. The van der Waals surface area contributed by atoms with Crippen LogP contribution in [0.1, 0.15) is 61.3 Å². The van der Waals surface area contributed by atoms with Gasteiger partial charge < -0.3 is 9.67 Å². The molecule has 33 heavy (non-hydrogen) atoms. The van der Waals surface area contributed by atoms with Gasteiger partial charge in [-0.3, -0.25) is 24.9 Å². The lowest BCUT2D eigenvalue weighted by Gasteiger charge is -2.45. The Morgan fingerprint density at radius 2 is 1.79 bits per heavy atom. The van der Waals surface area contributed by atoms with E-state index in [1.165, 1.54) is 49.4 Å². The largest absolute Gasteiger partial charge is 0.477 e. The number of benzene rings is 1. The molecule has 0 atom stereocenters. The Kier molecular flexibility index (Phi) is 5.60. The number of carbonyl (C=O) groups excluding carboxylic acids is 1. The van der Waals surface area contributed by atoms with Gasteiger partial charge in [0.15, 0.2) is 0 Å². The Morgan fingerprint density at radius 3 is 2.42 bits per heavy atom. The van der Waals surface area contributed by atoms with Crippen LogP contribution < -0.4 is 15.9 Å². The van der Waals surface area contributed by atoms with E-state index in [2.05, 4.69) is 10.3 Å². The van der Waals surface area contributed by atoms with Gasteiger partial charge in [0.1, 0.15) is 11.4 Å². The first-order chi connectivity index (χ1) is 15.8. The van der Waals surface area contributed by atoms with Crippen LogP contribution in [0.5, 0.6) is 0 Å². The first-order valence-corrected chi connectivity index (χ1v) is 11.7. The van der Waals surface area contributed by atoms with Crippen molar-refractivity contribution >= 4 is 28.5 Å². The Balaban J connectivity index is 1.35. The van der Waals surface area contributed by atoms with E-state index in [4.69, 9.17) is 0 Å². The quantitative estimate of drug-likeness (QED) is 0.649.